The molecular weight excluding hydrogens is 330 g/mol. The van der Waals surface area contributed by atoms with E-state index in [4.69, 9.17) is 15.6 Å². The predicted molar refractivity (Wildman–Crippen MR) is 102 cm³/mol. The second kappa shape index (κ2) is 11.2. The first-order chi connectivity index (χ1) is 12.8. The maximum atomic E-state index is 11.4. The number of allylic oxidation sites excluding steroid dienone is 10. The molecule has 0 spiro atoms. The van der Waals surface area contributed by atoms with Gasteiger partial charge in [-0.15, -0.1) is 0 Å². The van der Waals surface area contributed by atoms with Gasteiger partial charge >= 0.3 is 6.03 Å². The number of nitrogens with two attached hydrogens (primary N) is 1. The van der Waals surface area contributed by atoms with Gasteiger partial charge in [-0.3, -0.25) is 0 Å². The van der Waals surface area contributed by atoms with Gasteiger partial charge in [-0.2, -0.15) is 0 Å². The highest BCUT2D eigenvalue weighted by atomic mass is 17.3. The van der Waals surface area contributed by atoms with Gasteiger partial charge < -0.3 is 10.6 Å². The van der Waals surface area contributed by atoms with E-state index in [2.05, 4.69) is 5.59 Å². The van der Waals surface area contributed by atoms with Gasteiger partial charge in [-0.05, 0) is 6.07 Å². The Balaban J connectivity index is 2.16. The van der Waals surface area contributed by atoms with Crippen LogP contribution in [0.5, 0.6) is 5.75 Å². The lowest BCUT2D eigenvalue weighted by atomic mass is 10.2. The third-order valence-corrected chi connectivity index (χ3v) is 3.16. The minimum absolute atomic E-state index is 0.206. The number of carbonyl (C=O) groups excluding carboxylic acids is 1. The monoisotopic (exact) mass is 351 g/mol. The minimum atomic E-state index is -0.698. The number of fused-ring (bicyclic) bond motifs is 1. The lowest BCUT2D eigenvalue weighted by molar-refractivity contribution is -0.293. The van der Waals surface area contributed by atoms with Gasteiger partial charge in [0, 0.05) is 5.56 Å². The quantitative estimate of drug-likeness (QED) is 0.700. The molecule has 0 aromatic heterocycles. The second-order valence-corrected chi connectivity index (χ2v) is 5.07. The summed E-state index contributed by atoms with van der Waals surface area (Å²) in [6.07, 6.45) is 22.5. The molecule has 1 aromatic rings. The van der Waals surface area contributed by atoms with Crippen LogP contribution in [0.2, 0.25) is 0 Å². The first-order valence-corrected chi connectivity index (χ1v) is 8.02. The molecule has 1 aliphatic rings. The fourth-order valence-electron chi connectivity index (χ4n) is 1.89. The Bertz CT molecular complexity index is 761. The third-order valence-electron chi connectivity index (χ3n) is 3.16. The molecule has 26 heavy (non-hydrogen) atoms. The molecular formula is C20H21N3O3. The Hall–Kier alpha value is -3.35. The van der Waals surface area contributed by atoms with Crippen molar-refractivity contribution >= 4 is 12.1 Å². The Labute approximate surface area is 152 Å². The zero-order valence-electron chi connectivity index (χ0n) is 14.2. The SMILES string of the molecule is NC(=O)N1CC=CC=CC=CC=CC=CC=Cc2ccccc2OON1. The maximum Gasteiger partial charge on any atom is 0.331 e. The summed E-state index contributed by atoms with van der Waals surface area (Å²) in [6.45, 7) is 0.206. The number of nitrogens with zero attached hydrogens (tertiary/aromatic N) is 1. The van der Waals surface area contributed by atoms with Crippen molar-refractivity contribution in [1.29, 1.82) is 0 Å². The van der Waals surface area contributed by atoms with Crippen molar-refractivity contribution in [2.24, 2.45) is 5.73 Å². The topological polar surface area (TPSA) is 76.8 Å². The molecule has 3 N–H and O–H groups in total. The number of urea groups is 1. The average molecular weight is 351 g/mol. The molecule has 0 saturated heterocycles. The Kier molecular flexibility index (Phi) is 8.21. The first-order valence-electron chi connectivity index (χ1n) is 8.02. The number of hydrogen-bond acceptors (Lipinski definition) is 4. The highest BCUT2D eigenvalue weighted by Crippen LogP contribution is 2.19. The second-order valence-electron chi connectivity index (χ2n) is 5.07. The molecule has 2 rings (SSSR count). The summed E-state index contributed by atoms with van der Waals surface area (Å²) in [5.74, 6) is 0.490. The Morgan fingerprint density at radius 3 is 2.23 bits per heavy atom. The number of para-hydroxylation sites is 1. The van der Waals surface area contributed by atoms with E-state index in [0.29, 0.717) is 5.75 Å². The van der Waals surface area contributed by atoms with Crippen LogP contribution in [0.4, 0.5) is 4.79 Å². The molecule has 0 atom stereocenters. The minimum Gasteiger partial charge on any atom is -0.350 e. The third kappa shape index (κ3) is 7.04. The summed E-state index contributed by atoms with van der Waals surface area (Å²) in [7, 11) is 0. The van der Waals surface area contributed by atoms with Gasteiger partial charge in [-0.25, -0.2) is 9.80 Å². The summed E-state index contributed by atoms with van der Waals surface area (Å²) in [5, 5.41) is 1.07. The zero-order valence-corrected chi connectivity index (χ0v) is 14.2. The van der Waals surface area contributed by atoms with Gasteiger partial charge in [-0.1, -0.05) is 102 Å². The molecule has 2 amide bonds. The highest BCUT2D eigenvalue weighted by Gasteiger charge is 2.08. The standard InChI is InChI=1S/C20H21N3O3/c21-20(24)23-17-13-9-7-5-3-1-2-4-6-8-10-14-18-15-11-12-16-19(18)25-26-22-23/h1-16,22H,17H2,(H2,21,24). The van der Waals surface area contributed by atoms with Crippen LogP contribution in [-0.4, -0.2) is 17.6 Å². The van der Waals surface area contributed by atoms with Crippen molar-refractivity contribution in [1.82, 2.24) is 10.6 Å². The van der Waals surface area contributed by atoms with Gasteiger partial charge in [0.1, 0.15) is 0 Å². The lowest BCUT2D eigenvalue weighted by Gasteiger charge is -2.18. The summed E-state index contributed by atoms with van der Waals surface area (Å²) in [4.78, 5) is 21.6. The van der Waals surface area contributed by atoms with Crippen molar-refractivity contribution < 1.29 is 14.7 Å². The molecule has 6 nitrogen and oxygen atoms in total. The number of carbonyl (C=O) groups is 1. The van der Waals surface area contributed by atoms with Crippen molar-refractivity contribution in [3.05, 3.63) is 96.7 Å². The summed E-state index contributed by atoms with van der Waals surface area (Å²) < 4.78 is 0. The number of amides is 2. The van der Waals surface area contributed by atoms with Crippen LogP contribution < -0.4 is 16.2 Å². The normalized spacial score (nSPS) is 15.6. The van der Waals surface area contributed by atoms with E-state index in [1.54, 1.807) is 18.2 Å². The fraction of sp³-hybridized carbons (Fsp3) is 0.0500. The van der Waals surface area contributed by atoms with Crippen molar-refractivity contribution in [3.63, 3.8) is 0 Å². The molecule has 0 saturated carbocycles. The molecule has 1 aliphatic heterocycles. The fourth-order valence-corrected chi connectivity index (χ4v) is 1.89. The van der Waals surface area contributed by atoms with E-state index < -0.39 is 6.03 Å². The summed E-state index contributed by atoms with van der Waals surface area (Å²) in [6, 6.07) is 6.63. The van der Waals surface area contributed by atoms with Gasteiger partial charge in [0.15, 0.2) is 5.75 Å². The van der Waals surface area contributed by atoms with E-state index in [9.17, 15) is 4.79 Å². The van der Waals surface area contributed by atoms with Crippen LogP contribution in [-0.2, 0) is 4.99 Å². The molecule has 0 unspecified atom stereocenters. The number of hydrazine groups is 1. The first kappa shape index (κ1) is 19.0. The smallest absolute Gasteiger partial charge is 0.331 e. The van der Waals surface area contributed by atoms with Gasteiger partial charge in [0.25, 0.3) is 0 Å². The van der Waals surface area contributed by atoms with Crippen molar-refractivity contribution in [2.45, 2.75) is 0 Å². The average Bonchev–Trinajstić information content (AvgIpc) is 2.64. The number of benzene rings is 1. The Morgan fingerprint density at radius 2 is 1.54 bits per heavy atom. The summed E-state index contributed by atoms with van der Waals surface area (Å²) in [5.41, 5.74) is 8.49. The molecule has 134 valence electrons. The maximum absolute atomic E-state index is 11.4. The molecule has 0 bridgehead atoms. The lowest BCUT2D eigenvalue weighted by Crippen LogP contribution is -2.46. The van der Waals surface area contributed by atoms with E-state index in [1.807, 2.05) is 79.0 Å². The molecule has 1 aromatic carbocycles. The van der Waals surface area contributed by atoms with Crippen LogP contribution in [0.3, 0.4) is 0 Å². The van der Waals surface area contributed by atoms with Gasteiger partial charge in [0.2, 0.25) is 0 Å². The van der Waals surface area contributed by atoms with Crippen LogP contribution in [0.25, 0.3) is 6.08 Å². The molecule has 0 radical (unpaired) electrons. The Morgan fingerprint density at radius 1 is 0.923 bits per heavy atom. The molecule has 0 fully saturated rings. The summed E-state index contributed by atoms with van der Waals surface area (Å²) >= 11 is 0. The van der Waals surface area contributed by atoms with Crippen LogP contribution in [0, 0.1) is 0 Å². The molecule has 1 heterocycles. The predicted octanol–water partition coefficient (Wildman–Crippen LogP) is 3.61. The zero-order chi connectivity index (χ0) is 18.5. The van der Waals surface area contributed by atoms with E-state index in [0.717, 1.165) is 10.6 Å². The van der Waals surface area contributed by atoms with E-state index >= 15 is 0 Å². The number of rotatable bonds is 0. The highest BCUT2D eigenvalue weighted by molar-refractivity contribution is 5.71. The largest absolute Gasteiger partial charge is 0.350 e. The van der Waals surface area contributed by atoms with E-state index in [-0.39, 0.29) is 6.54 Å². The van der Waals surface area contributed by atoms with Crippen molar-refractivity contribution in [3.8, 4) is 5.75 Å². The molecule has 0 aliphatic carbocycles. The van der Waals surface area contributed by atoms with Gasteiger partial charge in [0.05, 0.1) is 6.54 Å². The number of nitrogens with one attached hydrogen (secondary N) is 1. The number of primary amides is 1. The number of hydrogen-bond donors (Lipinski definition) is 2. The van der Waals surface area contributed by atoms with Crippen molar-refractivity contribution in [2.75, 3.05) is 6.54 Å². The van der Waals surface area contributed by atoms with Crippen LogP contribution in [0.1, 0.15) is 5.56 Å². The van der Waals surface area contributed by atoms with Crippen LogP contribution in [0.15, 0.2) is 91.1 Å². The van der Waals surface area contributed by atoms with Crippen LogP contribution >= 0.6 is 0 Å². The van der Waals surface area contributed by atoms with E-state index in [1.165, 1.54) is 0 Å². The molecule has 6 heteroatoms.